The first kappa shape index (κ1) is 19.4. The van der Waals surface area contributed by atoms with E-state index in [1.165, 1.54) is 6.07 Å². The summed E-state index contributed by atoms with van der Waals surface area (Å²) in [5.74, 6) is -0.145. The predicted molar refractivity (Wildman–Crippen MR) is 103 cm³/mol. The maximum absolute atomic E-state index is 12.1. The van der Waals surface area contributed by atoms with Gasteiger partial charge in [-0.3, -0.25) is 9.69 Å². The van der Waals surface area contributed by atoms with Crippen LogP contribution >= 0.6 is 0 Å². The summed E-state index contributed by atoms with van der Waals surface area (Å²) in [7, 11) is 0. The monoisotopic (exact) mass is 373 g/mol. The Morgan fingerprint density at radius 3 is 2.85 bits per heavy atom. The minimum absolute atomic E-state index is 0.157. The van der Waals surface area contributed by atoms with Gasteiger partial charge < -0.3 is 14.3 Å². The van der Waals surface area contributed by atoms with E-state index in [1.54, 1.807) is 0 Å². The van der Waals surface area contributed by atoms with Crippen molar-refractivity contribution in [2.24, 2.45) is 5.92 Å². The summed E-state index contributed by atoms with van der Waals surface area (Å²) >= 11 is 0. The summed E-state index contributed by atoms with van der Waals surface area (Å²) in [5.41, 5.74) is 2.30. The molecular weight excluding hydrogens is 346 g/mol. The molecule has 0 radical (unpaired) electrons. The van der Waals surface area contributed by atoms with Crippen molar-refractivity contribution in [2.45, 2.75) is 46.6 Å². The smallest absolute Gasteiger partial charge is 0.336 e. The molecule has 1 aromatic heterocycles. The number of phenols is 1. The second-order valence-corrected chi connectivity index (χ2v) is 7.17. The Kier molecular flexibility index (Phi) is 5.85. The molecule has 1 aliphatic heterocycles. The van der Waals surface area contributed by atoms with Crippen molar-refractivity contribution in [3.63, 3.8) is 0 Å². The van der Waals surface area contributed by atoms with E-state index < -0.39 is 5.63 Å². The highest BCUT2D eigenvalue weighted by Crippen LogP contribution is 2.34. The van der Waals surface area contributed by atoms with Gasteiger partial charge in [-0.1, -0.05) is 6.92 Å². The van der Waals surface area contributed by atoms with Crippen LogP contribution in [0.2, 0.25) is 0 Å². The summed E-state index contributed by atoms with van der Waals surface area (Å²) in [6, 6.07) is 3.37. The number of phenolic OH excluding ortho intramolecular Hbond substituents is 1. The van der Waals surface area contributed by atoms with Gasteiger partial charge in [-0.05, 0) is 56.8 Å². The molecule has 1 atom stereocenters. The lowest BCUT2D eigenvalue weighted by molar-refractivity contribution is -0.150. The molecule has 0 amide bonds. The van der Waals surface area contributed by atoms with E-state index in [1.807, 2.05) is 26.8 Å². The number of hydrogen-bond donors (Lipinski definition) is 1. The summed E-state index contributed by atoms with van der Waals surface area (Å²) < 4.78 is 10.6. The van der Waals surface area contributed by atoms with E-state index in [2.05, 4.69) is 4.90 Å². The summed E-state index contributed by atoms with van der Waals surface area (Å²) in [6.07, 6.45) is 2.38. The fourth-order valence-corrected chi connectivity index (χ4v) is 3.86. The van der Waals surface area contributed by atoms with Crippen LogP contribution in [0.15, 0.2) is 21.3 Å². The minimum Gasteiger partial charge on any atom is -0.507 e. The summed E-state index contributed by atoms with van der Waals surface area (Å²) in [6.45, 7) is 7.87. The van der Waals surface area contributed by atoms with Crippen molar-refractivity contribution < 1.29 is 19.1 Å². The van der Waals surface area contributed by atoms with Gasteiger partial charge >= 0.3 is 11.6 Å². The van der Waals surface area contributed by atoms with Crippen molar-refractivity contribution in [3.05, 3.63) is 39.2 Å². The molecule has 6 heteroatoms. The fourth-order valence-electron chi connectivity index (χ4n) is 3.86. The number of esters is 1. The van der Waals surface area contributed by atoms with Gasteiger partial charge in [-0.25, -0.2) is 4.79 Å². The molecule has 2 aromatic rings. The normalized spacial score (nSPS) is 18.0. The zero-order valence-corrected chi connectivity index (χ0v) is 16.2. The van der Waals surface area contributed by atoms with Crippen LogP contribution in [-0.4, -0.2) is 35.7 Å². The number of ether oxygens (including phenoxy) is 1. The van der Waals surface area contributed by atoms with E-state index in [9.17, 15) is 14.7 Å². The van der Waals surface area contributed by atoms with Gasteiger partial charge in [0.25, 0.3) is 0 Å². The van der Waals surface area contributed by atoms with E-state index in [0.29, 0.717) is 37.3 Å². The maximum Gasteiger partial charge on any atom is 0.336 e. The molecule has 1 aliphatic rings. The van der Waals surface area contributed by atoms with Crippen molar-refractivity contribution in [2.75, 3.05) is 19.7 Å². The highest BCUT2D eigenvalue weighted by atomic mass is 16.5. The quantitative estimate of drug-likeness (QED) is 0.641. The van der Waals surface area contributed by atoms with E-state index in [4.69, 9.17) is 9.15 Å². The molecule has 0 unspecified atom stereocenters. The number of aryl methyl sites for hydroxylation is 2. The number of benzene rings is 1. The Hall–Kier alpha value is -2.34. The largest absolute Gasteiger partial charge is 0.507 e. The molecule has 27 heavy (non-hydrogen) atoms. The lowest BCUT2D eigenvalue weighted by Gasteiger charge is -2.31. The van der Waals surface area contributed by atoms with Crippen LogP contribution in [0.3, 0.4) is 0 Å². The van der Waals surface area contributed by atoms with Gasteiger partial charge in [0.05, 0.1) is 18.1 Å². The van der Waals surface area contributed by atoms with Crippen molar-refractivity contribution in [1.29, 1.82) is 0 Å². The number of hydrogen-bond acceptors (Lipinski definition) is 6. The average Bonchev–Trinajstić information content (AvgIpc) is 2.64. The summed E-state index contributed by atoms with van der Waals surface area (Å²) in [5, 5.41) is 11.6. The van der Waals surface area contributed by atoms with E-state index in [-0.39, 0.29) is 17.6 Å². The number of carbonyl (C=O) groups is 1. The molecule has 2 heterocycles. The molecule has 1 aromatic carbocycles. The molecule has 0 aliphatic carbocycles. The van der Waals surface area contributed by atoms with Gasteiger partial charge in [0.2, 0.25) is 0 Å². The molecule has 1 saturated heterocycles. The number of likely N-dealkylation sites (tertiary alicyclic amines) is 1. The van der Waals surface area contributed by atoms with Crippen LogP contribution in [0.5, 0.6) is 5.75 Å². The first-order valence-corrected chi connectivity index (χ1v) is 9.61. The van der Waals surface area contributed by atoms with Gasteiger partial charge in [0.1, 0.15) is 11.3 Å². The molecule has 1 fully saturated rings. The maximum atomic E-state index is 12.1. The SMILES string of the molecule is CCOC(=O)[C@@H]1CCCN(Cc2c(O)c(CC)cc3c(C)cc(=O)oc23)C1. The Bertz CT molecular complexity index is 902. The molecule has 1 N–H and O–H groups in total. The van der Waals surface area contributed by atoms with E-state index in [0.717, 1.165) is 35.9 Å². The highest BCUT2D eigenvalue weighted by molar-refractivity contribution is 5.86. The Balaban J connectivity index is 1.97. The number of carbonyl (C=O) groups excluding carboxylic acids is 1. The second kappa shape index (κ2) is 8.13. The first-order valence-electron chi connectivity index (χ1n) is 9.61. The van der Waals surface area contributed by atoms with Crippen molar-refractivity contribution >= 4 is 16.9 Å². The fraction of sp³-hybridized carbons (Fsp3) is 0.524. The molecule has 146 valence electrons. The van der Waals surface area contributed by atoms with Gasteiger partial charge in [-0.15, -0.1) is 0 Å². The van der Waals surface area contributed by atoms with Crippen LogP contribution < -0.4 is 5.63 Å². The molecule has 0 saturated carbocycles. The Morgan fingerprint density at radius 2 is 2.15 bits per heavy atom. The van der Waals surface area contributed by atoms with Crippen LogP contribution in [0.1, 0.15) is 43.4 Å². The number of nitrogens with zero attached hydrogens (tertiary/aromatic N) is 1. The van der Waals surface area contributed by atoms with Gasteiger partial charge in [0.15, 0.2) is 0 Å². The minimum atomic E-state index is -0.423. The number of piperidine rings is 1. The van der Waals surface area contributed by atoms with Crippen LogP contribution in [-0.2, 0) is 22.5 Å². The molecule has 3 rings (SSSR count). The van der Waals surface area contributed by atoms with Crippen LogP contribution in [0.25, 0.3) is 11.0 Å². The van der Waals surface area contributed by atoms with Gasteiger partial charge in [-0.2, -0.15) is 0 Å². The molecular formula is C21H27NO5. The molecule has 0 bridgehead atoms. The third kappa shape index (κ3) is 4.00. The average molecular weight is 373 g/mol. The Labute approximate surface area is 158 Å². The number of aromatic hydroxyl groups is 1. The zero-order chi connectivity index (χ0) is 19.6. The molecule has 6 nitrogen and oxygen atoms in total. The first-order chi connectivity index (χ1) is 12.9. The predicted octanol–water partition coefficient (Wildman–Crippen LogP) is 3.14. The zero-order valence-electron chi connectivity index (χ0n) is 16.2. The van der Waals surface area contributed by atoms with Crippen LogP contribution in [0, 0.1) is 12.8 Å². The lowest BCUT2D eigenvalue weighted by atomic mass is 9.96. The van der Waals surface area contributed by atoms with Crippen molar-refractivity contribution in [3.8, 4) is 5.75 Å². The standard InChI is InChI=1S/C21H27NO5/c1-4-14-10-16-13(3)9-18(23)27-20(16)17(19(14)24)12-22-8-6-7-15(11-22)21(25)26-5-2/h9-10,15,24H,4-8,11-12H2,1-3H3/t15-/m1/s1. The Morgan fingerprint density at radius 1 is 1.37 bits per heavy atom. The second-order valence-electron chi connectivity index (χ2n) is 7.17. The van der Waals surface area contributed by atoms with Gasteiger partial charge in [0, 0.05) is 24.5 Å². The third-order valence-electron chi connectivity index (χ3n) is 5.28. The third-order valence-corrected chi connectivity index (χ3v) is 5.28. The lowest BCUT2D eigenvalue weighted by Crippen LogP contribution is -2.39. The highest BCUT2D eigenvalue weighted by Gasteiger charge is 2.28. The van der Waals surface area contributed by atoms with Crippen LogP contribution in [0.4, 0.5) is 0 Å². The summed E-state index contributed by atoms with van der Waals surface area (Å²) in [4.78, 5) is 26.1. The van der Waals surface area contributed by atoms with E-state index >= 15 is 0 Å². The number of rotatable bonds is 5. The molecule has 0 spiro atoms. The number of fused-ring (bicyclic) bond motifs is 1. The van der Waals surface area contributed by atoms with Crippen molar-refractivity contribution in [1.82, 2.24) is 4.90 Å². The topological polar surface area (TPSA) is 80.0 Å².